The molecule has 5 aliphatic rings. The molecule has 0 amide bonds. The van der Waals surface area contributed by atoms with Crippen LogP contribution >= 0.6 is 11.6 Å². The summed E-state index contributed by atoms with van der Waals surface area (Å²) in [6, 6.07) is 0. The van der Waals surface area contributed by atoms with Crippen LogP contribution in [0.4, 0.5) is 0 Å². The first kappa shape index (κ1) is 22.8. The number of ether oxygens (including phenoxy) is 3. The average Bonchev–Trinajstić information content (AvgIpc) is 2.80. The number of rotatable bonds is 9. The van der Waals surface area contributed by atoms with Crippen molar-refractivity contribution >= 4 is 17.6 Å². The Labute approximate surface area is 185 Å². The van der Waals surface area contributed by atoms with E-state index in [0.29, 0.717) is 12.5 Å². The minimum absolute atomic E-state index is 0.137. The van der Waals surface area contributed by atoms with Crippen molar-refractivity contribution < 1.29 is 28.8 Å². The Morgan fingerprint density at radius 1 is 1.00 bits per heavy atom. The van der Waals surface area contributed by atoms with E-state index in [0.717, 1.165) is 57.2 Å². The Hall–Kier alpha value is -0.400. The molecule has 6 nitrogen and oxygen atoms in total. The molecule has 1 unspecified atom stereocenters. The van der Waals surface area contributed by atoms with Crippen LogP contribution < -0.4 is 0 Å². The maximum Gasteiger partial charge on any atom is 0.338 e. The molecule has 1 spiro atoms. The molecule has 172 valence electrons. The fourth-order valence-electron chi connectivity index (χ4n) is 6.11. The van der Waals surface area contributed by atoms with E-state index in [2.05, 4.69) is 6.92 Å². The molecule has 4 saturated heterocycles. The molecule has 5 rings (SSSR count). The first-order valence-corrected chi connectivity index (χ1v) is 12.3. The number of hydrogen-bond acceptors (Lipinski definition) is 6. The van der Waals surface area contributed by atoms with Crippen molar-refractivity contribution in [2.75, 3.05) is 12.5 Å². The second-order valence-electron chi connectivity index (χ2n) is 10.0. The largest absolute Gasteiger partial charge is 0.464 e. The lowest BCUT2D eigenvalue weighted by atomic mass is 9.60. The molecule has 7 atom stereocenters. The standard InChI is InChI=1S/C23H37ClO6/c1-16-10-11-18-22(3,19(25)26-15-9-7-5-4-6-8-14-24)28-20-23(18)17(16)12-13-21(2,27-20)29-30-23/h16-18,20H,4-15H2,1-3H3/t16-,17+,18?,20+,21-,22+,23-/m1/s1. The summed E-state index contributed by atoms with van der Waals surface area (Å²) < 4.78 is 18.3. The molecule has 0 N–H and O–H groups in total. The van der Waals surface area contributed by atoms with Gasteiger partial charge in [0.15, 0.2) is 17.5 Å². The van der Waals surface area contributed by atoms with Crippen molar-refractivity contribution in [2.45, 2.75) is 108 Å². The molecule has 0 aromatic carbocycles. The summed E-state index contributed by atoms with van der Waals surface area (Å²) in [4.78, 5) is 25.1. The molecule has 0 aromatic rings. The smallest absolute Gasteiger partial charge is 0.338 e. The molecule has 7 heteroatoms. The van der Waals surface area contributed by atoms with Crippen LogP contribution in [0.1, 0.15) is 85.0 Å². The molecule has 0 aromatic heterocycles. The van der Waals surface area contributed by atoms with E-state index < -0.39 is 23.3 Å². The van der Waals surface area contributed by atoms with Crippen molar-refractivity contribution in [1.29, 1.82) is 0 Å². The second kappa shape index (κ2) is 8.86. The van der Waals surface area contributed by atoms with Gasteiger partial charge in [-0.15, -0.1) is 11.6 Å². The van der Waals surface area contributed by atoms with Crippen molar-refractivity contribution in [3.63, 3.8) is 0 Å². The molecule has 4 heterocycles. The van der Waals surface area contributed by atoms with Crippen LogP contribution in [-0.4, -0.2) is 41.7 Å². The van der Waals surface area contributed by atoms with Crippen molar-refractivity contribution in [1.82, 2.24) is 0 Å². The summed E-state index contributed by atoms with van der Waals surface area (Å²) in [6.45, 7) is 6.43. The molecular formula is C23H37ClO6. The van der Waals surface area contributed by atoms with Gasteiger partial charge < -0.3 is 14.2 Å². The number of hydrogen-bond donors (Lipinski definition) is 0. The van der Waals surface area contributed by atoms with Gasteiger partial charge in [-0.2, -0.15) is 0 Å². The van der Waals surface area contributed by atoms with E-state index in [1.807, 2.05) is 13.8 Å². The third-order valence-corrected chi connectivity index (χ3v) is 8.17. The first-order valence-electron chi connectivity index (χ1n) is 11.8. The van der Waals surface area contributed by atoms with Crippen LogP contribution in [0.3, 0.4) is 0 Å². The third kappa shape index (κ3) is 3.81. The number of alkyl halides is 1. The van der Waals surface area contributed by atoms with Gasteiger partial charge in [-0.1, -0.05) is 32.6 Å². The maximum absolute atomic E-state index is 13.2. The van der Waals surface area contributed by atoms with Crippen LogP contribution in [0.5, 0.6) is 0 Å². The van der Waals surface area contributed by atoms with Gasteiger partial charge in [0, 0.05) is 18.2 Å². The zero-order valence-electron chi connectivity index (χ0n) is 18.6. The number of carbonyl (C=O) groups is 1. The number of halogens is 1. The van der Waals surface area contributed by atoms with E-state index in [1.54, 1.807) is 0 Å². The fraction of sp³-hybridized carbons (Fsp3) is 0.957. The monoisotopic (exact) mass is 444 g/mol. The summed E-state index contributed by atoms with van der Waals surface area (Å²) in [5.74, 6) is 0.186. The Kier molecular flexibility index (Phi) is 6.72. The van der Waals surface area contributed by atoms with Crippen LogP contribution in [0, 0.1) is 17.8 Å². The zero-order valence-corrected chi connectivity index (χ0v) is 19.4. The summed E-state index contributed by atoms with van der Waals surface area (Å²) >= 11 is 5.71. The van der Waals surface area contributed by atoms with Crippen LogP contribution in [-0.2, 0) is 28.8 Å². The molecule has 1 saturated carbocycles. The lowest BCUT2D eigenvalue weighted by Crippen LogP contribution is -2.62. The highest BCUT2D eigenvalue weighted by Gasteiger charge is 2.76. The molecule has 0 radical (unpaired) electrons. The Morgan fingerprint density at radius 2 is 1.73 bits per heavy atom. The summed E-state index contributed by atoms with van der Waals surface area (Å²) in [5.41, 5.74) is -1.81. The van der Waals surface area contributed by atoms with E-state index in [9.17, 15) is 4.79 Å². The second-order valence-corrected chi connectivity index (χ2v) is 10.4. The molecule has 1 aliphatic carbocycles. The highest BCUT2D eigenvalue weighted by Crippen LogP contribution is 2.63. The van der Waals surface area contributed by atoms with Gasteiger partial charge in [0.1, 0.15) is 0 Å². The minimum atomic E-state index is -1.07. The van der Waals surface area contributed by atoms with Crippen LogP contribution in [0.25, 0.3) is 0 Å². The third-order valence-electron chi connectivity index (χ3n) is 7.90. The molecule has 4 aliphatic heterocycles. The van der Waals surface area contributed by atoms with E-state index >= 15 is 0 Å². The zero-order chi connectivity index (χ0) is 21.4. The van der Waals surface area contributed by atoms with Crippen LogP contribution in [0.15, 0.2) is 0 Å². The summed E-state index contributed by atoms with van der Waals surface area (Å²) in [6.07, 6.45) is 9.48. The molecule has 5 fully saturated rings. The van der Waals surface area contributed by atoms with Gasteiger partial charge in [0.25, 0.3) is 0 Å². The van der Waals surface area contributed by atoms with Gasteiger partial charge in [0.05, 0.1) is 6.61 Å². The summed E-state index contributed by atoms with van der Waals surface area (Å²) in [5, 5.41) is 0. The Bertz CT molecular complexity index is 631. The molecule has 2 bridgehead atoms. The maximum atomic E-state index is 13.2. The van der Waals surface area contributed by atoms with Crippen LogP contribution in [0.2, 0.25) is 0 Å². The van der Waals surface area contributed by atoms with Gasteiger partial charge in [-0.3, -0.25) is 0 Å². The van der Waals surface area contributed by atoms with Crippen molar-refractivity contribution in [3.05, 3.63) is 0 Å². The lowest BCUT2D eigenvalue weighted by Gasteiger charge is -2.50. The highest BCUT2D eigenvalue weighted by atomic mass is 35.5. The summed E-state index contributed by atoms with van der Waals surface area (Å²) in [7, 11) is 0. The van der Waals surface area contributed by atoms with E-state index in [4.69, 9.17) is 35.6 Å². The number of fused-ring (bicyclic) bond motifs is 2. The van der Waals surface area contributed by atoms with Crippen molar-refractivity contribution in [2.24, 2.45) is 17.8 Å². The lowest BCUT2D eigenvalue weighted by molar-refractivity contribution is -0.541. The topological polar surface area (TPSA) is 63.2 Å². The van der Waals surface area contributed by atoms with Gasteiger partial charge in [-0.25, -0.2) is 14.6 Å². The van der Waals surface area contributed by atoms with Gasteiger partial charge >= 0.3 is 5.97 Å². The predicted molar refractivity (Wildman–Crippen MR) is 112 cm³/mol. The quantitative estimate of drug-likeness (QED) is 0.213. The normalized spacial score (nSPS) is 44.5. The van der Waals surface area contributed by atoms with Gasteiger partial charge in [-0.05, 0) is 57.8 Å². The van der Waals surface area contributed by atoms with E-state index in [-0.39, 0.29) is 17.8 Å². The molecular weight excluding hydrogens is 408 g/mol. The first-order chi connectivity index (χ1) is 14.4. The molecule has 30 heavy (non-hydrogen) atoms. The Balaban J connectivity index is 1.39. The predicted octanol–water partition coefficient (Wildman–Crippen LogP) is 5.11. The number of unbranched alkanes of at least 4 members (excludes halogenated alkanes) is 5. The van der Waals surface area contributed by atoms with E-state index in [1.165, 1.54) is 12.8 Å². The Morgan fingerprint density at radius 3 is 2.50 bits per heavy atom. The highest BCUT2D eigenvalue weighted by molar-refractivity contribution is 6.17. The van der Waals surface area contributed by atoms with Gasteiger partial charge in [0.2, 0.25) is 5.79 Å². The number of esters is 1. The average molecular weight is 445 g/mol. The fourth-order valence-corrected chi connectivity index (χ4v) is 6.30. The minimum Gasteiger partial charge on any atom is -0.464 e. The SMILES string of the molecule is C[C@@H]1CCC2[C@]34OO[C@](C)(CC[C@@H]13)O[C@H]4O[C@]2(C)C(=O)OCCCCCCCCCl. The number of carbonyl (C=O) groups excluding carboxylic acids is 1. The van der Waals surface area contributed by atoms with Crippen molar-refractivity contribution in [3.8, 4) is 0 Å².